The summed E-state index contributed by atoms with van der Waals surface area (Å²) in [6.07, 6.45) is 2.20. The van der Waals surface area contributed by atoms with Crippen LogP contribution in [-0.4, -0.2) is 49.6 Å². The van der Waals surface area contributed by atoms with Crippen LogP contribution in [0.4, 0.5) is 4.39 Å². The Balaban J connectivity index is 1.73. The van der Waals surface area contributed by atoms with E-state index in [2.05, 4.69) is 39.4 Å². The first-order chi connectivity index (χ1) is 8.65. The van der Waals surface area contributed by atoms with Crippen molar-refractivity contribution in [1.82, 2.24) is 9.80 Å². The Labute approximate surface area is 122 Å². The van der Waals surface area contributed by atoms with Gasteiger partial charge in [-0.25, -0.2) is 4.39 Å². The Morgan fingerprint density at radius 1 is 1.22 bits per heavy atom. The van der Waals surface area contributed by atoms with Crippen LogP contribution in [0.1, 0.15) is 12.0 Å². The number of nitrogens with zero attached hydrogens (tertiary/aromatic N) is 2. The summed E-state index contributed by atoms with van der Waals surface area (Å²) in [4.78, 5) is 4.90. The highest BCUT2D eigenvalue weighted by Gasteiger charge is 2.12. The molecule has 0 bridgehead atoms. The first kappa shape index (κ1) is 14.2. The number of aryl methyl sites for hydroxylation is 1. The van der Waals surface area contributed by atoms with Gasteiger partial charge >= 0.3 is 0 Å². The van der Waals surface area contributed by atoms with Crippen molar-refractivity contribution in [3.8, 4) is 0 Å². The van der Waals surface area contributed by atoms with Crippen molar-refractivity contribution in [2.24, 2.45) is 0 Å². The van der Waals surface area contributed by atoms with E-state index < -0.39 is 0 Å². The first-order valence-corrected chi connectivity index (χ1v) is 7.58. The quantitative estimate of drug-likeness (QED) is 0.760. The largest absolute Gasteiger partial charge is 0.304 e. The Morgan fingerprint density at radius 3 is 2.61 bits per heavy atom. The third-order valence-electron chi connectivity index (χ3n) is 3.52. The molecule has 1 aromatic carbocycles. The zero-order valence-electron chi connectivity index (χ0n) is 10.8. The van der Waals surface area contributed by atoms with Crippen molar-refractivity contribution in [2.75, 3.05) is 39.8 Å². The van der Waals surface area contributed by atoms with Crippen molar-refractivity contribution in [2.45, 2.75) is 12.8 Å². The molecule has 0 N–H and O–H groups in total. The smallest absolute Gasteiger partial charge is 0.136 e. The van der Waals surface area contributed by atoms with Gasteiger partial charge in [-0.3, -0.25) is 0 Å². The maximum Gasteiger partial charge on any atom is 0.136 e. The maximum atomic E-state index is 13.1. The molecule has 1 aliphatic heterocycles. The molecular formula is C14H20FIN2. The van der Waals surface area contributed by atoms with Crippen molar-refractivity contribution >= 4 is 22.6 Å². The number of hydrogen-bond acceptors (Lipinski definition) is 2. The molecular weight excluding hydrogens is 342 g/mol. The van der Waals surface area contributed by atoms with E-state index in [4.69, 9.17) is 0 Å². The Kier molecular flexibility index (Phi) is 5.38. The molecule has 1 aromatic rings. The highest BCUT2D eigenvalue weighted by molar-refractivity contribution is 14.1. The third kappa shape index (κ3) is 4.17. The molecule has 0 amide bonds. The summed E-state index contributed by atoms with van der Waals surface area (Å²) in [6, 6.07) is 5.44. The summed E-state index contributed by atoms with van der Waals surface area (Å²) in [5.41, 5.74) is 1.25. The topological polar surface area (TPSA) is 6.48 Å². The number of hydrogen-bond donors (Lipinski definition) is 0. The average Bonchev–Trinajstić information content (AvgIpc) is 2.36. The minimum Gasteiger partial charge on any atom is -0.304 e. The second-order valence-electron chi connectivity index (χ2n) is 5.00. The van der Waals surface area contributed by atoms with Gasteiger partial charge in [0.05, 0.1) is 0 Å². The number of piperazine rings is 1. The predicted octanol–water partition coefficient (Wildman–Crippen LogP) is 2.61. The molecule has 0 radical (unpaired) electrons. The van der Waals surface area contributed by atoms with Gasteiger partial charge in [0.25, 0.3) is 0 Å². The van der Waals surface area contributed by atoms with Crippen molar-refractivity contribution in [3.63, 3.8) is 0 Å². The first-order valence-electron chi connectivity index (χ1n) is 6.50. The molecule has 1 fully saturated rings. The van der Waals surface area contributed by atoms with E-state index in [-0.39, 0.29) is 5.82 Å². The van der Waals surface area contributed by atoms with E-state index in [0.29, 0.717) is 0 Å². The summed E-state index contributed by atoms with van der Waals surface area (Å²) in [7, 11) is 2.18. The summed E-state index contributed by atoms with van der Waals surface area (Å²) in [5.74, 6) is -0.113. The van der Waals surface area contributed by atoms with E-state index in [0.717, 1.165) is 23.0 Å². The van der Waals surface area contributed by atoms with E-state index in [1.54, 1.807) is 6.07 Å². The molecule has 0 aliphatic carbocycles. The highest BCUT2D eigenvalue weighted by atomic mass is 127. The molecule has 2 rings (SSSR count). The molecule has 0 spiro atoms. The van der Waals surface area contributed by atoms with Crippen molar-refractivity contribution in [3.05, 3.63) is 33.1 Å². The Bertz CT molecular complexity index is 389. The predicted molar refractivity (Wildman–Crippen MR) is 81.4 cm³/mol. The fourth-order valence-electron chi connectivity index (χ4n) is 2.27. The lowest BCUT2D eigenvalue weighted by molar-refractivity contribution is 0.153. The average molecular weight is 362 g/mol. The molecule has 0 aromatic heterocycles. The van der Waals surface area contributed by atoms with E-state index in [1.165, 1.54) is 31.7 Å². The number of benzene rings is 1. The van der Waals surface area contributed by atoms with Crippen LogP contribution in [0.5, 0.6) is 0 Å². The van der Waals surface area contributed by atoms with Crippen LogP contribution in [-0.2, 0) is 6.42 Å². The van der Waals surface area contributed by atoms with Gasteiger partial charge in [0.1, 0.15) is 5.82 Å². The molecule has 18 heavy (non-hydrogen) atoms. The Morgan fingerprint density at radius 2 is 1.94 bits per heavy atom. The van der Waals surface area contributed by atoms with E-state index >= 15 is 0 Å². The van der Waals surface area contributed by atoms with E-state index in [9.17, 15) is 4.39 Å². The van der Waals surface area contributed by atoms with Crippen molar-refractivity contribution in [1.29, 1.82) is 0 Å². The monoisotopic (exact) mass is 362 g/mol. The van der Waals surface area contributed by atoms with Crippen LogP contribution < -0.4 is 0 Å². The van der Waals surface area contributed by atoms with Gasteiger partial charge in [-0.15, -0.1) is 0 Å². The van der Waals surface area contributed by atoms with Crippen LogP contribution in [0.25, 0.3) is 0 Å². The molecule has 1 heterocycles. The van der Waals surface area contributed by atoms with Crippen LogP contribution in [0, 0.1) is 9.39 Å². The van der Waals surface area contributed by atoms with Crippen LogP contribution >= 0.6 is 22.6 Å². The molecule has 0 atom stereocenters. The SMILES string of the molecule is CN1CCN(CCCc2ccc(F)c(I)c2)CC1. The molecule has 1 saturated heterocycles. The Hall–Kier alpha value is -0.200. The fourth-order valence-corrected chi connectivity index (χ4v) is 2.85. The van der Waals surface area contributed by atoms with E-state index in [1.807, 2.05) is 12.1 Å². The zero-order valence-corrected chi connectivity index (χ0v) is 13.0. The highest BCUT2D eigenvalue weighted by Crippen LogP contribution is 2.14. The summed E-state index contributed by atoms with van der Waals surface area (Å²) >= 11 is 2.06. The molecule has 0 unspecified atom stereocenters. The van der Waals surface area contributed by atoms with Gasteiger partial charge in [-0.1, -0.05) is 6.07 Å². The second kappa shape index (κ2) is 6.82. The minimum atomic E-state index is -0.113. The normalized spacial score (nSPS) is 18.2. The maximum absolute atomic E-state index is 13.1. The summed E-state index contributed by atoms with van der Waals surface area (Å²) in [5, 5.41) is 0. The lowest BCUT2D eigenvalue weighted by Crippen LogP contribution is -2.44. The molecule has 100 valence electrons. The fraction of sp³-hybridized carbons (Fsp3) is 0.571. The van der Waals surface area contributed by atoms with Gasteiger partial charge in [0.15, 0.2) is 0 Å². The van der Waals surface area contributed by atoms with Gasteiger partial charge in [-0.2, -0.15) is 0 Å². The molecule has 1 aliphatic rings. The molecule has 4 heteroatoms. The van der Waals surface area contributed by atoms with Crippen LogP contribution in [0.15, 0.2) is 18.2 Å². The zero-order chi connectivity index (χ0) is 13.0. The third-order valence-corrected chi connectivity index (χ3v) is 4.35. The van der Waals surface area contributed by atoms with Crippen molar-refractivity contribution < 1.29 is 4.39 Å². The lowest BCUT2D eigenvalue weighted by atomic mass is 10.1. The van der Waals surface area contributed by atoms with Gasteiger partial charge < -0.3 is 9.80 Å². The lowest BCUT2D eigenvalue weighted by Gasteiger charge is -2.32. The number of likely N-dealkylation sites (N-methyl/N-ethyl adjacent to an activating group) is 1. The molecule has 2 nitrogen and oxygen atoms in total. The summed E-state index contributed by atoms with van der Waals surface area (Å²) in [6.45, 7) is 5.86. The van der Waals surface area contributed by atoms with Crippen LogP contribution in [0.3, 0.4) is 0 Å². The van der Waals surface area contributed by atoms with Gasteiger partial charge in [-0.05, 0) is 66.7 Å². The number of rotatable bonds is 4. The summed E-state index contributed by atoms with van der Waals surface area (Å²) < 4.78 is 13.9. The molecule has 0 saturated carbocycles. The number of halogens is 2. The minimum absolute atomic E-state index is 0.113. The van der Waals surface area contributed by atoms with Crippen LogP contribution in [0.2, 0.25) is 0 Å². The van der Waals surface area contributed by atoms with Gasteiger partial charge in [0, 0.05) is 29.7 Å². The second-order valence-corrected chi connectivity index (χ2v) is 6.16. The standard InChI is InChI=1S/C14H20FIN2/c1-17-7-9-18(10-8-17)6-2-3-12-4-5-13(15)14(16)11-12/h4-5,11H,2-3,6-10H2,1H3. The van der Waals surface area contributed by atoms with Gasteiger partial charge in [0.2, 0.25) is 0 Å².